The fraction of sp³-hybridized carbons (Fsp3) is 0.167. The second-order valence-electron chi connectivity index (χ2n) is 5.01. The summed E-state index contributed by atoms with van der Waals surface area (Å²) < 4.78 is 0. The van der Waals surface area contributed by atoms with Crippen LogP contribution in [0, 0.1) is 0 Å². The van der Waals surface area contributed by atoms with Crippen LogP contribution in [0.5, 0.6) is 0 Å². The third kappa shape index (κ3) is 3.07. The first-order valence-electron chi connectivity index (χ1n) is 7.12. The van der Waals surface area contributed by atoms with Gasteiger partial charge in [0.2, 0.25) is 0 Å². The number of aromatic nitrogens is 1. The maximum absolute atomic E-state index is 6.44. The molecule has 106 valence electrons. The van der Waals surface area contributed by atoms with E-state index < -0.39 is 0 Å². The summed E-state index contributed by atoms with van der Waals surface area (Å²) in [5.41, 5.74) is 4.27. The molecule has 0 spiro atoms. The number of hydrogen-bond donors (Lipinski definition) is 1. The first-order valence-corrected chi connectivity index (χ1v) is 7.50. The number of nitrogens with zero attached hydrogens (tertiary/aromatic N) is 1. The van der Waals surface area contributed by atoms with Crippen molar-refractivity contribution in [3.05, 3.63) is 65.3 Å². The average Bonchev–Trinajstić information content (AvgIpc) is 2.52. The highest BCUT2D eigenvalue weighted by Crippen LogP contribution is 2.30. The molecule has 3 aromatic rings. The molecule has 0 atom stereocenters. The van der Waals surface area contributed by atoms with Crippen molar-refractivity contribution < 1.29 is 0 Å². The van der Waals surface area contributed by atoms with Crippen LogP contribution in [0.1, 0.15) is 12.5 Å². The van der Waals surface area contributed by atoms with Crippen molar-refractivity contribution in [2.24, 2.45) is 0 Å². The van der Waals surface area contributed by atoms with Crippen molar-refractivity contribution >= 4 is 22.5 Å². The van der Waals surface area contributed by atoms with Crippen LogP contribution in [0.15, 0.2) is 54.7 Å². The molecule has 0 aliphatic rings. The molecule has 21 heavy (non-hydrogen) atoms. The molecule has 0 saturated carbocycles. The summed E-state index contributed by atoms with van der Waals surface area (Å²) in [5, 5.41) is 5.20. The summed E-state index contributed by atoms with van der Waals surface area (Å²) in [7, 11) is 0. The van der Waals surface area contributed by atoms with E-state index in [1.165, 1.54) is 5.56 Å². The lowest BCUT2D eigenvalue weighted by Crippen LogP contribution is -2.11. The van der Waals surface area contributed by atoms with Gasteiger partial charge in [0.05, 0.1) is 5.52 Å². The van der Waals surface area contributed by atoms with Crippen LogP contribution in [-0.4, -0.2) is 11.5 Å². The molecule has 0 aliphatic carbocycles. The lowest BCUT2D eigenvalue weighted by atomic mass is 10.0. The van der Waals surface area contributed by atoms with Gasteiger partial charge in [0.25, 0.3) is 0 Å². The van der Waals surface area contributed by atoms with Gasteiger partial charge >= 0.3 is 0 Å². The highest BCUT2D eigenvalue weighted by Gasteiger charge is 2.06. The molecule has 3 rings (SSSR count). The Hall–Kier alpha value is -1.90. The predicted octanol–water partition coefficient (Wildman–Crippen LogP) is 4.66. The highest BCUT2D eigenvalue weighted by molar-refractivity contribution is 6.33. The summed E-state index contributed by atoms with van der Waals surface area (Å²) in [5.74, 6) is 0. The third-order valence-corrected chi connectivity index (χ3v) is 3.83. The summed E-state index contributed by atoms with van der Waals surface area (Å²) in [6.45, 7) is 3.89. The second-order valence-corrected chi connectivity index (χ2v) is 5.42. The fourth-order valence-corrected chi connectivity index (χ4v) is 2.70. The van der Waals surface area contributed by atoms with E-state index in [9.17, 15) is 0 Å². The Labute approximate surface area is 129 Å². The van der Waals surface area contributed by atoms with Crippen molar-refractivity contribution in [2.45, 2.75) is 13.5 Å². The summed E-state index contributed by atoms with van der Waals surface area (Å²) in [4.78, 5) is 4.50. The molecule has 0 fully saturated rings. The molecular formula is C18H17ClN2. The quantitative estimate of drug-likeness (QED) is 0.757. The minimum atomic E-state index is 0.766. The number of fused-ring (bicyclic) bond motifs is 1. The van der Waals surface area contributed by atoms with Gasteiger partial charge < -0.3 is 5.32 Å². The van der Waals surface area contributed by atoms with E-state index in [2.05, 4.69) is 41.5 Å². The summed E-state index contributed by atoms with van der Waals surface area (Å²) in [6.07, 6.45) is 1.88. The van der Waals surface area contributed by atoms with Gasteiger partial charge in [-0.1, -0.05) is 48.9 Å². The minimum absolute atomic E-state index is 0.766. The Kier molecular flexibility index (Phi) is 4.18. The van der Waals surface area contributed by atoms with Gasteiger partial charge in [-0.05, 0) is 30.3 Å². The lowest BCUT2D eigenvalue weighted by Gasteiger charge is -2.08. The maximum atomic E-state index is 6.44. The number of rotatable bonds is 4. The molecule has 1 heterocycles. The Balaban J connectivity index is 1.98. The SMILES string of the molecule is CCNCc1ccc(-c2cnc3ccccc3c2)c(Cl)c1. The van der Waals surface area contributed by atoms with Gasteiger partial charge in [-0.15, -0.1) is 0 Å². The average molecular weight is 297 g/mol. The van der Waals surface area contributed by atoms with Gasteiger partial charge in [-0.25, -0.2) is 0 Å². The molecule has 1 aromatic heterocycles. The van der Waals surface area contributed by atoms with Crippen molar-refractivity contribution in [1.29, 1.82) is 0 Å². The van der Waals surface area contributed by atoms with Crippen LogP contribution in [-0.2, 0) is 6.54 Å². The molecule has 3 heteroatoms. The van der Waals surface area contributed by atoms with E-state index in [1.54, 1.807) is 0 Å². The van der Waals surface area contributed by atoms with Gasteiger partial charge in [0.1, 0.15) is 0 Å². The topological polar surface area (TPSA) is 24.9 Å². The van der Waals surface area contributed by atoms with Crippen LogP contribution >= 0.6 is 11.6 Å². The van der Waals surface area contributed by atoms with Gasteiger partial charge in [0, 0.05) is 34.3 Å². The van der Waals surface area contributed by atoms with Gasteiger partial charge in [-0.3, -0.25) is 4.98 Å². The van der Waals surface area contributed by atoms with Crippen LogP contribution in [0.3, 0.4) is 0 Å². The summed E-state index contributed by atoms with van der Waals surface area (Å²) in [6, 6.07) is 16.4. The molecule has 0 amide bonds. The zero-order valence-corrected chi connectivity index (χ0v) is 12.7. The van der Waals surface area contributed by atoms with Crippen molar-refractivity contribution in [3.8, 4) is 11.1 Å². The van der Waals surface area contributed by atoms with E-state index in [4.69, 9.17) is 11.6 Å². The number of para-hydroxylation sites is 1. The predicted molar refractivity (Wildman–Crippen MR) is 89.6 cm³/mol. The van der Waals surface area contributed by atoms with E-state index in [0.717, 1.165) is 40.1 Å². The van der Waals surface area contributed by atoms with E-state index >= 15 is 0 Å². The third-order valence-electron chi connectivity index (χ3n) is 3.51. The lowest BCUT2D eigenvalue weighted by molar-refractivity contribution is 0.727. The van der Waals surface area contributed by atoms with E-state index in [0.29, 0.717) is 0 Å². The number of halogens is 1. The van der Waals surface area contributed by atoms with E-state index in [1.807, 2.05) is 30.5 Å². The fourth-order valence-electron chi connectivity index (χ4n) is 2.39. The van der Waals surface area contributed by atoms with Crippen LogP contribution < -0.4 is 5.32 Å². The van der Waals surface area contributed by atoms with Crippen molar-refractivity contribution in [3.63, 3.8) is 0 Å². The highest BCUT2D eigenvalue weighted by atomic mass is 35.5. The molecule has 2 nitrogen and oxygen atoms in total. The van der Waals surface area contributed by atoms with Crippen LogP contribution in [0.25, 0.3) is 22.0 Å². The zero-order chi connectivity index (χ0) is 14.7. The molecule has 0 unspecified atom stereocenters. The molecule has 0 saturated heterocycles. The maximum Gasteiger partial charge on any atom is 0.0702 e. The molecule has 0 radical (unpaired) electrons. The molecule has 2 aromatic carbocycles. The number of hydrogen-bond acceptors (Lipinski definition) is 2. The summed E-state index contributed by atoms with van der Waals surface area (Å²) >= 11 is 6.44. The Bertz CT molecular complexity index is 768. The first-order chi connectivity index (χ1) is 10.3. The van der Waals surface area contributed by atoms with Crippen molar-refractivity contribution in [2.75, 3.05) is 6.54 Å². The number of benzene rings is 2. The molecule has 1 N–H and O–H groups in total. The van der Waals surface area contributed by atoms with Gasteiger partial charge in [-0.2, -0.15) is 0 Å². The van der Waals surface area contributed by atoms with E-state index in [-0.39, 0.29) is 0 Å². The number of pyridine rings is 1. The Morgan fingerprint density at radius 2 is 1.95 bits per heavy atom. The second kappa shape index (κ2) is 6.25. The van der Waals surface area contributed by atoms with Crippen molar-refractivity contribution in [1.82, 2.24) is 10.3 Å². The Morgan fingerprint density at radius 1 is 1.10 bits per heavy atom. The monoisotopic (exact) mass is 296 g/mol. The standard InChI is InChI=1S/C18H17ClN2/c1-2-20-11-13-7-8-16(17(19)9-13)15-10-14-5-3-4-6-18(14)21-12-15/h3-10,12,20H,2,11H2,1H3. The molecule has 0 bridgehead atoms. The largest absolute Gasteiger partial charge is 0.313 e. The molecular weight excluding hydrogens is 280 g/mol. The van der Waals surface area contributed by atoms with Crippen LogP contribution in [0.4, 0.5) is 0 Å². The number of nitrogens with one attached hydrogen (secondary N) is 1. The smallest absolute Gasteiger partial charge is 0.0702 e. The Morgan fingerprint density at radius 3 is 2.76 bits per heavy atom. The minimum Gasteiger partial charge on any atom is -0.313 e. The first kappa shape index (κ1) is 14.1. The normalized spacial score (nSPS) is 11.0. The van der Waals surface area contributed by atoms with Crippen LogP contribution in [0.2, 0.25) is 5.02 Å². The zero-order valence-electron chi connectivity index (χ0n) is 11.9. The van der Waals surface area contributed by atoms with Gasteiger partial charge in [0.15, 0.2) is 0 Å². The molecule has 0 aliphatic heterocycles.